The smallest absolute Gasteiger partial charge is 0.265 e. The molecule has 0 amide bonds. The first kappa shape index (κ1) is 48.0. The second-order valence-electron chi connectivity index (χ2n) is 8.88. The molecule has 0 atom stereocenters. The normalized spacial score (nSPS) is 16.6. The van der Waals surface area contributed by atoms with Crippen molar-refractivity contribution in [3.05, 3.63) is 0 Å². The van der Waals surface area contributed by atoms with Gasteiger partial charge in [0.15, 0.2) is 0 Å². The minimum Gasteiger partial charge on any atom is -0.265 e. The van der Waals surface area contributed by atoms with E-state index in [4.69, 9.17) is 0 Å². The third kappa shape index (κ3) is 6.80. The Morgan fingerprint density at radius 3 is 0.660 bits per heavy atom. The van der Waals surface area contributed by atoms with E-state index < -0.39 is 117 Å². The summed E-state index contributed by atoms with van der Waals surface area (Å²) < 4.78 is 389. The van der Waals surface area contributed by atoms with Gasteiger partial charge < -0.3 is 0 Å². The zero-order chi connectivity index (χ0) is 41.2. The molecule has 34 heteroatoms. The zero-order valence-corrected chi connectivity index (χ0v) is 23.6. The van der Waals surface area contributed by atoms with Gasteiger partial charge in [0.2, 0.25) is 0 Å². The topological polar surface area (TPSA) is 86.7 Å². The van der Waals surface area contributed by atoms with Gasteiger partial charge in [-0.05, 0) is 12.8 Å². The maximum atomic E-state index is 13.7. The van der Waals surface area contributed by atoms with Gasteiger partial charge in [-0.1, -0.05) is 0 Å². The van der Waals surface area contributed by atoms with Crippen LogP contribution in [0.5, 0.6) is 0 Å². The molecule has 0 rings (SSSR count). The molecule has 0 radical (unpaired) electrons. The zero-order valence-electron chi connectivity index (χ0n) is 21.9. The van der Waals surface area contributed by atoms with E-state index in [9.17, 15) is 131 Å². The fourth-order valence-corrected chi connectivity index (χ4v) is 4.37. The summed E-state index contributed by atoms with van der Waals surface area (Å²) in [7, 11) is -15.9. The minimum absolute atomic E-state index is 1.76. The van der Waals surface area contributed by atoms with E-state index in [1.165, 1.54) is 0 Å². The van der Waals surface area contributed by atoms with Crippen molar-refractivity contribution in [2.24, 2.45) is 0 Å². The number of unbranched alkanes of at least 4 members (excludes halogenated alkanes) is 1. The summed E-state index contributed by atoms with van der Waals surface area (Å²) in [5.74, 6) is -67.9. The van der Waals surface area contributed by atoms with Crippen LogP contribution in [0.3, 0.4) is 0 Å². The van der Waals surface area contributed by atoms with Crippen LogP contribution in [0, 0.1) is 0 Å². The molecule has 50 heavy (non-hydrogen) atoms. The maximum absolute atomic E-state index is 13.7. The van der Waals surface area contributed by atoms with Crippen LogP contribution >= 0.6 is 0 Å². The lowest BCUT2D eigenvalue weighted by Gasteiger charge is -2.39. The molecule has 0 aliphatic heterocycles. The van der Waals surface area contributed by atoms with Crippen LogP contribution in [0.15, 0.2) is 0 Å². The summed E-state index contributed by atoms with van der Waals surface area (Å²) in [6.45, 7) is -4.72. The van der Waals surface area contributed by atoms with Gasteiger partial charge in [0, 0.05) is 0 Å². The molecule has 0 unspecified atom stereocenters. The molecule has 0 N–H and O–H groups in total. The van der Waals surface area contributed by atoms with Crippen LogP contribution < -0.4 is 0 Å². The Labute approximate surface area is 256 Å². The lowest BCUT2D eigenvalue weighted by atomic mass is 9.98. The van der Waals surface area contributed by atoms with E-state index >= 15 is 0 Å². The third-order valence-electron chi connectivity index (χ3n) is 5.45. The number of rotatable bonds is 17. The van der Waals surface area contributed by atoms with Crippen molar-refractivity contribution >= 4 is 20.2 Å². The summed E-state index contributed by atoms with van der Waals surface area (Å²) in [5, 5.41) is -15.8. The number of hydrogen-bond donors (Lipinski definition) is 0. The molecule has 0 aromatic carbocycles. The van der Waals surface area contributed by atoms with Gasteiger partial charge in [0.25, 0.3) is 0 Å². The average molecular weight is 854 g/mol. The molecule has 0 saturated carbocycles. The van der Waals surface area contributed by atoms with Crippen molar-refractivity contribution < 1.29 is 139 Å². The molecule has 0 aromatic rings. The van der Waals surface area contributed by atoms with Gasteiger partial charge in [-0.2, -0.15) is 131 Å². The molecule has 6 nitrogen and oxygen atoms in total. The van der Waals surface area contributed by atoms with Crippen molar-refractivity contribution in [3.8, 4) is 0 Å². The lowest BCUT2D eigenvalue weighted by molar-refractivity contribution is -0.433. The summed E-state index contributed by atoms with van der Waals surface area (Å²) in [6, 6.07) is 0. The van der Waals surface area contributed by atoms with E-state index in [1.807, 2.05) is 0 Å². The van der Waals surface area contributed by atoms with Crippen molar-refractivity contribution in [2.45, 2.75) is 83.1 Å². The first-order chi connectivity index (χ1) is 21.2. The van der Waals surface area contributed by atoms with Crippen LogP contribution in [0.2, 0.25) is 0 Å². The molecule has 302 valence electrons. The minimum atomic E-state index is -8.64. The first-order valence-electron chi connectivity index (χ1n) is 10.9. The Balaban J connectivity index is 5.95. The van der Waals surface area contributed by atoms with Gasteiger partial charge in [-0.25, -0.2) is 0 Å². The SMILES string of the molecule is O=S(=O)(OCCCCOS(=O)(=O)C(F)(F)C(F)(F)C(F)(F)C(F)(F)C(F)(F)C(F)(F)F)C(F)(F)C(F)(F)C(F)(F)C(F)(F)C(F)(F)C(F)(F)F. The van der Waals surface area contributed by atoms with Crippen LogP contribution in [-0.2, 0) is 28.6 Å². The Morgan fingerprint density at radius 1 is 0.300 bits per heavy atom. The molecular weight excluding hydrogens is 846 g/mol. The summed E-state index contributed by atoms with van der Waals surface area (Å²) in [6.07, 6.45) is -19.3. The lowest BCUT2D eigenvalue weighted by Crippen LogP contribution is -2.71. The standard InChI is InChI=1S/C16H8F26O6S2/c17-5(18,9(25,26)13(33,34)35)7(21,22)11(29,30)15(39,40)49(43,44)47-3-1-2-4-48-50(45,46)16(41,42)12(31,32)8(23,24)6(19,20)10(27,28)14(36,37)38/h1-4H2. The molecular formula is C16H8F26O6S2. The fourth-order valence-electron chi connectivity index (χ4n) is 2.51. The number of alkyl halides is 26. The molecule has 0 saturated heterocycles. The Hall–Kier alpha value is -2.00. The highest BCUT2D eigenvalue weighted by Crippen LogP contribution is 2.62. The Bertz CT molecular complexity index is 1320. The summed E-state index contributed by atoms with van der Waals surface area (Å²) in [5.41, 5.74) is 0. The van der Waals surface area contributed by atoms with Gasteiger partial charge >= 0.3 is 90.5 Å². The van der Waals surface area contributed by atoms with E-state index in [1.54, 1.807) is 0 Å². The average Bonchev–Trinajstić information content (AvgIpc) is 2.88. The van der Waals surface area contributed by atoms with Crippen LogP contribution in [0.4, 0.5) is 114 Å². The molecule has 0 aliphatic rings. The second kappa shape index (κ2) is 12.8. The highest BCUT2D eigenvalue weighted by molar-refractivity contribution is 7.88. The van der Waals surface area contributed by atoms with Crippen LogP contribution in [0.1, 0.15) is 12.8 Å². The summed E-state index contributed by atoms with van der Waals surface area (Å²) in [4.78, 5) is 0. The van der Waals surface area contributed by atoms with E-state index in [2.05, 4.69) is 8.37 Å². The van der Waals surface area contributed by atoms with E-state index in [0.717, 1.165) is 0 Å². The molecule has 0 aliphatic carbocycles. The van der Waals surface area contributed by atoms with E-state index in [-0.39, 0.29) is 0 Å². The Morgan fingerprint density at radius 2 is 0.480 bits per heavy atom. The van der Waals surface area contributed by atoms with Gasteiger partial charge in [-0.15, -0.1) is 0 Å². The van der Waals surface area contributed by atoms with Gasteiger partial charge in [0.05, 0.1) is 13.2 Å². The quantitative estimate of drug-likeness (QED) is 0.0843. The number of halogens is 26. The van der Waals surface area contributed by atoms with Crippen molar-refractivity contribution in [2.75, 3.05) is 13.2 Å². The maximum Gasteiger partial charge on any atom is 0.460 e. The largest absolute Gasteiger partial charge is 0.460 e. The van der Waals surface area contributed by atoms with Crippen molar-refractivity contribution in [1.82, 2.24) is 0 Å². The first-order valence-corrected chi connectivity index (χ1v) is 13.7. The molecule has 0 aromatic heterocycles. The van der Waals surface area contributed by atoms with Crippen LogP contribution in [0.25, 0.3) is 0 Å². The Kier molecular flexibility index (Phi) is 12.3. The van der Waals surface area contributed by atoms with Gasteiger partial charge in [-0.3, -0.25) is 8.37 Å². The monoisotopic (exact) mass is 854 g/mol. The predicted octanol–water partition coefficient (Wildman–Crippen LogP) is 7.85. The van der Waals surface area contributed by atoms with Gasteiger partial charge in [0.1, 0.15) is 0 Å². The predicted molar refractivity (Wildman–Crippen MR) is 101 cm³/mol. The van der Waals surface area contributed by atoms with Crippen molar-refractivity contribution in [1.29, 1.82) is 0 Å². The summed E-state index contributed by atoms with van der Waals surface area (Å²) >= 11 is 0. The number of hydrogen-bond acceptors (Lipinski definition) is 6. The van der Waals surface area contributed by atoms with E-state index in [0.29, 0.717) is 0 Å². The van der Waals surface area contributed by atoms with Crippen molar-refractivity contribution in [3.63, 3.8) is 0 Å². The van der Waals surface area contributed by atoms with Crippen LogP contribution in [-0.4, -0.2) is 100 Å². The second-order valence-corrected chi connectivity index (χ2v) is 12.2. The highest BCUT2D eigenvalue weighted by atomic mass is 32.2. The molecule has 0 bridgehead atoms. The fraction of sp³-hybridized carbons (Fsp3) is 1.00. The third-order valence-corrected chi connectivity index (χ3v) is 8.18. The highest BCUT2D eigenvalue weighted by Gasteiger charge is 2.94. The molecule has 0 fully saturated rings. The molecule has 0 spiro atoms. The molecule has 0 heterocycles.